The molecule has 5 heteroatoms. The summed E-state index contributed by atoms with van der Waals surface area (Å²) in [6, 6.07) is 21.7. The van der Waals surface area contributed by atoms with Gasteiger partial charge in [0.15, 0.2) is 5.82 Å². The predicted molar refractivity (Wildman–Crippen MR) is 104 cm³/mol. The Balaban J connectivity index is 1.89. The molecule has 0 aliphatic carbocycles. The molecule has 0 unspecified atom stereocenters. The van der Waals surface area contributed by atoms with E-state index in [-0.39, 0.29) is 12.5 Å². The number of aromatic nitrogens is 2. The van der Waals surface area contributed by atoms with E-state index < -0.39 is 0 Å². The highest BCUT2D eigenvalue weighted by molar-refractivity contribution is 5.81. The van der Waals surface area contributed by atoms with Crippen LogP contribution in [0.3, 0.4) is 0 Å². The van der Waals surface area contributed by atoms with Crippen molar-refractivity contribution in [2.75, 3.05) is 18.0 Å². The number of hydrogen-bond donors (Lipinski definition) is 1. The SMILES string of the molecule is CCNC(=O)CN(Cc1ccccc1)c1ccnc(-c2ccccc2)n1. The Morgan fingerprint density at radius 3 is 2.38 bits per heavy atom. The first-order valence-corrected chi connectivity index (χ1v) is 8.70. The van der Waals surface area contributed by atoms with Crippen LogP contribution < -0.4 is 10.2 Å². The van der Waals surface area contributed by atoms with Gasteiger partial charge in [0.25, 0.3) is 0 Å². The highest BCUT2D eigenvalue weighted by atomic mass is 16.2. The van der Waals surface area contributed by atoms with Crippen LogP contribution in [0.4, 0.5) is 5.82 Å². The Hall–Kier alpha value is -3.21. The van der Waals surface area contributed by atoms with Crippen molar-refractivity contribution in [3.8, 4) is 11.4 Å². The normalized spacial score (nSPS) is 10.3. The first-order valence-electron chi connectivity index (χ1n) is 8.70. The van der Waals surface area contributed by atoms with E-state index >= 15 is 0 Å². The summed E-state index contributed by atoms with van der Waals surface area (Å²) < 4.78 is 0. The summed E-state index contributed by atoms with van der Waals surface area (Å²) in [6.07, 6.45) is 1.74. The Kier molecular flexibility index (Phi) is 5.93. The third kappa shape index (κ3) is 4.66. The number of nitrogens with zero attached hydrogens (tertiary/aromatic N) is 3. The lowest BCUT2D eigenvalue weighted by atomic mass is 10.2. The number of nitrogens with one attached hydrogen (secondary N) is 1. The van der Waals surface area contributed by atoms with E-state index in [1.165, 1.54) is 0 Å². The van der Waals surface area contributed by atoms with E-state index in [4.69, 9.17) is 0 Å². The third-order valence-electron chi connectivity index (χ3n) is 3.92. The molecule has 2 aromatic carbocycles. The third-order valence-corrected chi connectivity index (χ3v) is 3.92. The Morgan fingerprint density at radius 2 is 1.69 bits per heavy atom. The van der Waals surface area contributed by atoms with Crippen LogP contribution in [-0.2, 0) is 11.3 Å². The molecule has 0 saturated heterocycles. The zero-order chi connectivity index (χ0) is 18.2. The molecule has 1 N–H and O–H groups in total. The van der Waals surface area contributed by atoms with Gasteiger partial charge in [0, 0.05) is 24.8 Å². The van der Waals surface area contributed by atoms with Crippen LogP contribution in [0.1, 0.15) is 12.5 Å². The molecule has 1 heterocycles. The van der Waals surface area contributed by atoms with Gasteiger partial charge >= 0.3 is 0 Å². The lowest BCUT2D eigenvalue weighted by Crippen LogP contribution is -2.37. The fraction of sp³-hybridized carbons (Fsp3) is 0.190. The zero-order valence-corrected chi connectivity index (χ0v) is 14.8. The van der Waals surface area contributed by atoms with Crippen LogP contribution in [0.25, 0.3) is 11.4 Å². The van der Waals surface area contributed by atoms with Crippen LogP contribution in [-0.4, -0.2) is 29.0 Å². The molecule has 0 radical (unpaired) electrons. The highest BCUT2D eigenvalue weighted by Crippen LogP contribution is 2.19. The fourth-order valence-electron chi connectivity index (χ4n) is 2.70. The summed E-state index contributed by atoms with van der Waals surface area (Å²) in [5.74, 6) is 1.36. The van der Waals surface area contributed by atoms with Gasteiger partial charge in [0.1, 0.15) is 5.82 Å². The van der Waals surface area contributed by atoms with E-state index in [2.05, 4.69) is 15.3 Å². The molecule has 5 nitrogen and oxygen atoms in total. The Labute approximate surface area is 153 Å². The number of anilines is 1. The maximum absolute atomic E-state index is 12.2. The summed E-state index contributed by atoms with van der Waals surface area (Å²) in [6.45, 7) is 3.37. The summed E-state index contributed by atoms with van der Waals surface area (Å²) in [4.78, 5) is 23.2. The van der Waals surface area contributed by atoms with Gasteiger partial charge in [-0.1, -0.05) is 60.7 Å². The molecule has 0 aliphatic heterocycles. The molecular formula is C21H22N4O. The number of hydrogen-bond acceptors (Lipinski definition) is 4. The van der Waals surface area contributed by atoms with E-state index in [9.17, 15) is 4.79 Å². The smallest absolute Gasteiger partial charge is 0.239 e. The molecule has 0 spiro atoms. The number of likely N-dealkylation sites (N-methyl/N-ethyl adjacent to an activating group) is 1. The molecule has 0 bridgehead atoms. The topological polar surface area (TPSA) is 58.1 Å². The Bertz CT molecular complexity index is 837. The van der Waals surface area contributed by atoms with Gasteiger partial charge < -0.3 is 10.2 Å². The van der Waals surface area contributed by atoms with Gasteiger partial charge in [-0.2, -0.15) is 0 Å². The number of amides is 1. The molecule has 0 aliphatic rings. The Morgan fingerprint density at radius 1 is 1.00 bits per heavy atom. The van der Waals surface area contributed by atoms with Crippen LogP contribution >= 0.6 is 0 Å². The van der Waals surface area contributed by atoms with Gasteiger partial charge in [-0.3, -0.25) is 4.79 Å². The van der Waals surface area contributed by atoms with Crippen LogP contribution in [0, 0.1) is 0 Å². The van der Waals surface area contributed by atoms with Gasteiger partial charge in [-0.15, -0.1) is 0 Å². The standard InChI is InChI=1S/C21H22N4O/c1-2-22-20(26)16-25(15-17-9-5-3-6-10-17)19-13-14-23-21(24-19)18-11-7-4-8-12-18/h3-14H,2,15-16H2,1H3,(H,22,26). The van der Waals surface area contributed by atoms with Crippen LogP contribution in [0.15, 0.2) is 72.9 Å². The second kappa shape index (κ2) is 8.76. The first kappa shape index (κ1) is 17.6. The van der Waals surface area contributed by atoms with Crippen LogP contribution in [0.2, 0.25) is 0 Å². The molecule has 1 aromatic heterocycles. The van der Waals surface area contributed by atoms with Gasteiger partial charge in [-0.05, 0) is 18.6 Å². The van der Waals surface area contributed by atoms with Crippen molar-refractivity contribution in [3.05, 3.63) is 78.5 Å². The van der Waals surface area contributed by atoms with Gasteiger partial charge in [0.2, 0.25) is 5.91 Å². The van der Waals surface area contributed by atoms with Crippen molar-refractivity contribution in [2.24, 2.45) is 0 Å². The molecule has 3 rings (SSSR count). The van der Waals surface area contributed by atoms with Crippen molar-refractivity contribution in [1.29, 1.82) is 0 Å². The van der Waals surface area contributed by atoms with Gasteiger partial charge in [-0.25, -0.2) is 9.97 Å². The quantitative estimate of drug-likeness (QED) is 0.713. The minimum absolute atomic E-state index is 0.0247. The molecule has 0 saturated carbocycles. The van der Waals surface area contributed by atoms with E-state index in [0.29, 0.717) is 18.9 Å². The van der Waals surface area contributed by atoms with Crippen molar-refractivity contribution >= 4 is 11.7 Å². The lowest BCUT2D eigenvalue weighted by Gasteiger charge is -2.23. The van der Waals surface area contributed by atoms with Crippen LogP contribution in [0.5, 0.6) is 0 Å². The predicted octanol–water partition coefficient (Wildman–Crippen LogP) is 3.29. The second-order valence-electron chi connectivity index (χ2n) is 5.90. The first-order chi connectivity index (χ1) is 12.8. The van der Waals surface area contributed by atoms with Crippen molar-refractivity contribution in [1.82, 2.24) is 15.3 Å². The molecule has 3 aromatic rings. The molecule has 0 atom stereocenters. The summed E-state index contributed by atoms with van der Waals surface area (Å²) in [5.41, 5.74) is 2.07. The summed E-state index contributed by atoms with van der Waals surface area (Å²) in [7, 11) is 0. The molecule has 0 fully saturated rings. The maximum Gasteiger partial charge on any atom is 0.239 e. The maximum atomic E-state index is 12.2. The zero-order valence-electron chi connectivity index (χ0n) is 14.8. The van der Waals surface area contributed by atoms with Gasteiger partial charge in [0.05, 0.1) is 6.54 Å². The number of carbonyl (C=O) groups is 1. The van der Waals surface area contributed by atoms with E-state index in [1.54, 1.807) is 6.20 Å². The average molecular weight is 346 g/mol. The number of benzene rings is 2. The minimum atomic E-state index is -0.0247. The second-order valence-corrected chi connectivity index (χ2v) is 5.90. The lowest BCUT2D eigenvalue weighted by molar-refractivity contribution is -0.119. The van der Waals surface area contributed by atoms with Crippen molar-refractivity contribution in [3.63, 3.8) is 0 Å². The number of rotatable bonds is 7. The minimum Gasteiger partial charge on any atom is -0.355 e. The molecule has 1 amide bonds. The van der Waals surface area contributed by atoms with E-state index in [0.717, 1.165) is 16.9 Å². The molecule has 26 heavy (non-hydrogen) atoms. The van der Waals surface area contributed by atoms with Crippen molar-refractivity contribution in [2.45, 2.75) is 13.5 Å². The number of carbonyl (C=O) groups excluding carboxylic acids is 1. The molecular weight excluding hydrogens is 324 g/mol. The highest BCUT2D eigenvalue weighted by Gasteiger charge is 2.14. The largest absolute Gasteiger partial charge is 0.355 e. The monoisotopic (exact) mass is 346 g/mol. The fourth-order valence-corrected chi connectivity index (χ4v) is 2.70. The summed E-state index contributed by atoms with van der Waals surface area (Å²) >= 11 is 0. The average Bonchev–Trinajstić information content (AvgIpc) is 2.69. The summed E-state index contributed by atoms with van der Waals surface area (Å²) in [5, 5.41) is 2.85. The molecule has 132 valence electrons. The van der Waals surface area contributed by atoms with E-state index in [1.807, 2.05) is 78.6 Å². The van der Waals surface area contributed by atoms with Crippen molar-refractivity contribution < 1.29 is 4.79 Å².